The van der Waals surface area contributed by atoms with Crippen molar-refractivity contribution < 1.29 is 33.8 Å². The van der Waals surface area contributed by atoms with Crippen LogP contribution in [0.1, 0.15) is 36.5 Å². The van der Waals surface area contributed by atoms with Gasteiger partial charge in [-0.1, -0.05) is 12.1 Å². The van der Waals surface area contributed by atoms with E-state index >= 15 is 0 Å². The van der Waals surface area contributed by atoms with Crippen LogP contribution in [0.4, 0.5) is 0 Å². The molecule has 33 heavy (non-hydrogen) atoms. The molecule has 1 aliphatic heterocycles. The summed E-state index contributed by atoms with van der Waals surface area (Å²) in [7, 11) is 0. The Balaban J connectivity index is 2.20. The maximum absolute atomic E-state index is 12.9. The monoisotopic (exact) mass is 464 g/mol. The van der Waals surface area contributed by atoms with Crippen molar-refractivity contribution in [2.45, 2.75) is 38.3 Å². The topological polar surface area (TPSA) is 155 Å². The summed E-state index contributed by atoms with van der Waals surface area (Å²) in [6.45, 7) is 2.82. The van der Waals surface area contributed by atoms with Crippen molar-refractivity contribution in [1.82, 2.24) is 21.3 Å². The van der Waals surface area contributed by atoms with E-state index in [1.807, 2.05) is 6.92 Å². The summed E-state index contributed by atoms with van der Waals surface area (Å²) >= 11 is 0. The van der Waals surface area contributed by atoms with Gasteiger partial charge in [0.2, 0.25) is 17.7 Å². The standard InChI is InChI=1S/C22H32N4O7/c1-2-32-13-11-24-21(30)16-8-9-19(28)25-17(14-27)22(31)23-10-5-12-33-18-7-4-3-6-15(18)20(29)26-16/h3-4,6-7,16-17,27H,2,5,8-14H2,1H3,(H,23,31)(H,24,30)(H,25,28)(H,26,29)/t16-,17?/m0/s1. The lowest BCUT2D eigenvalue weighted by Gasteiger charge is -2.21. The maximum atomic E-state index is 12.9. The van der Waals surface area contributed by atoms with Crippen LogP contribution in [0, 0.1) is 0 Å². The first kappa shape index (κ1) is 26.1. The number of hydrogen-bond donors (Lipinski definition) is 5. The molecule has 2 rings (SSSR count). The van der Waals surface area contributed by atoms with E-state index in [2.05, 4.69) is 21.3 Å². The van der Waals surface area contributed by atoms with Gasteiger partial charge in [-0.2, -0.15) is 0 Å². The molecule has 1 aliphatic rings. The molecular formula is C22H32N4O7. The smallest absolute Gasteiger partial charge is 0.255 e. The molecule has 2 atom stereocenters. The van der Waals surface area contributed by atoms with Crippen molar-refractivity contribution in [3.63, 3.8) is 0 Å². The van der Waals surface area contributed by atoms with Crippen LogP contribution in [0.25, 0.3) is 0 Å². The summed E-state index contributed by atoms with van der Waals surface area (Å²) in [5.74, 6) is -1.68. The fraction of sp³-hybridized carbons (Fsp3) is 0.545. The van der Waals surface area contributed by atoms with Gasteiger partial charge in [-0.15, -0.1) is 0 Å². The minimum atomic E-state index is -1.11. The van der Waals surface area contributed by atoms with Crippen LogP contribution in [0.3, 0.4) is 0 Å². The average Bonchev–Trinajstić information content (AvgIpc) is 2.81. The van der Waals surface area contributed by atoms with E-state index in [-0.39, 0.29) is 38.1 Å². The van der Waals surface area contributed by atoms with Crippen LogP contribution < -0.4 is 26.0 Å². The number of aliphatic hydroxyl groups is 1. The minimum absolute atomic E-state index is 0.0131. The van der Waals surface area contributed by atoms with Crippen LogP contribution in [0.15, 0.2) is 24.3 Å². The second-order valence-corrected chi connectivity index (χ2v) is 7.34. The van der Waals surface area contributed by atoms with E-state index in [1.54, 1.807) is 24.3 Å². The summed E-state index contributed by atoms with van der Waals surface area (Å²) in [5, 5.41) is 19.9. The molecule has 4 amide bonds. The fourth-order valence-corrected chi connectivity index (χ4v) is 3.12. The molecule has 11 heteroatoms. The van der Waals surface area contributed by atoms with Gasteiger partial charge >= 0.3 is 0 Å². The molecule has 5 N–H and O–H groups in total. The van der Waals surface area contributed by atoms with Gasteiger partial charge in [0.15, 0.2) is 0 Å². The van der Waals surface area contributed by atoms with Crippen LogP contribution in [-0.2, 0) is 19.1 Å². The SMILES string of the molecule is CCOCCNC(=O)[C@@H]1CCC(=O)NC(CO)C(=O)NCCCOc2ccccc2C(=O)N1. The van der Waals surface area contributed by atoms with Gasteiger partial charge in [0, 0.05) is 26.1 Å². The number of carbonyl (C=O) groups is 4. The molecule has 1 aromatic carbocycles. The van der Waals surface area contributed by atoms with E-state index in [9.17, 15) is 24.3 Å². The Morgan fingerprint density at radius 2 is 2.03 bits per heavy atom. The third kappa shape index (κ3) is 8.70. The van der Waals surface area contributed by atoms with Crippen LogP contribution in [0.5, 0.6) is 5.75 Å². The van der Waals surface area contributed by atoms with Gasteiger partial charge in [0.05, 0.1) is 25.4 Å². The number of fused-ring (bicyclic) bond motifs is 1. The van der Waals surface area contributed by atoms with E-state index in [1.165, 1.54) is 0 Å². The van der Waals surface area contributed by atoms with E-state index in [0.717, 1.165) is 0 Å². The number of hydrogen-bond acceptors (Lipinski definition) is 7. The Hall–Kier alpha value is -3.18. The zero-order chi connectivity index (χ0) is 24.1. The predicted molar refractivity (Wildman–Crippen MR) is 119 cm³/mol. The zero-order valence-electron chi connectivity index (χ0n) is 18.7. The quantitative estimate of drug-likeness (QED) is 0.342. The number of aliphatic hydroxyl groups excluding tert-OH is 1. The number of amides is 4. The number of carbonyl (C=O) groups excluding carboxylic acids is 4. The van der Waals surface area contributed by atoms with Crippen molar-refractivity contribution in [2.24, 2.45) is 0 Å². The summed E-state index contributed by atoms with van der Waals surface area (Å²) < 4.78 is 10.9. The third-order valence-electron chi connectivity index (χ3n) is 4.88. The first-order chi connectivity index (χ1) is 16.0. The summed E-state index contributed by atoms with van der Waals surface area (Å²) in [6, 6.07) is 4.51. The first-order valence-corrected chi connectivity index (χ1v) is 11.0. The molecule has 0 spiro atoms. The molecule has 0 fully saturated rings. The van der Waals surface area contributed by atoms with Gasteiger partial charge in [-0.25, -0.2) is 0 Å². The molecule has 0 radical (unpaired) electrons. The van der Waals surface area contributed by atoms with Gasteiger partial charge in [0.25, 0.3) is 5.91 Å². The Morgan fingerprint density at radius 1 is 1.24 bits per heavy atom. The first-order valence-electron chi connectivity index (χ1n) is 11.0. The number of rotatable bonds is 6. The molecule has 0 aliphatic carbocycles. The van der Waals surface area contributed by atoms with E-state index < -0.39 is 42.3 Å². The van der Waals surface area contributed by atoms with Crippen LogP contribution >= 0.6 is 0 Å². The van der Waals surface area contributed by atoms with Crippen LogP contribution in [0.2, 0.25) is 0 Å². The molecule has 182 valence electrons. The molecule has 0 bridgehead atoms. The highest BCUT2D eigenvalue weighted by Crippen LogP contribution is 2.18. The Morgan fingerprint density at radius 3 is 2.79 bits per heavy atom. The highest BCUT2D eigenvalue weighted by Gasteiger charge is 2.25. The molecule has 0 saturated heterocycles. The highest BCUT2D eigenvalue weighted by atomic mass is 16.5. The van der Waals surface area contributed by atoms with Crippen LogP contribution in [-0.4, -0.2) is 80.3 Å². The summed E-state index contributed by atoms with van der Waals surface area (Å²) in [4.78, 5) is 50.2. The number of ether oxygens (including phenoxy) is 2. The van der Waals surface area contributed by atoms with Gasteiger partial charge in [0.1, 0.15) is 17.8 Å². The van der Waals surface area contributed by atoms with E-state index in [0.29, 0.717) is 25.4 Å². The zero-order valence-corrected chi connectivity index (χ0v) is 18.7. The van der Waals surface area contributed by atoms with Gasteiger partial charge in [-0.05, 0) is 31.9 Å². The fourth-order valence-electron chi connectivity index (χ4n) is 3.12. The largest absolute Gasteiger partial charge is 0.493 e. The Kier molecular flexibility index (Phi) is 11.1. The average molecular weight is 465 g/mol. The normalized spacial score (nSPS) is 20.5. The summed E-state index contributed by atoms with van der Waals surface area (Å²) in [6.07, 6.45) is 0.283. The Labute approximate surface area is 192 Å². The molecule has 1 heterocycles. The number of nitrogens with one attached hydrogen (secondary N) is 4. The molecule has 0 saturated carbocycles. The second kappa shape index (κ2) is 14.1. The van der Waals surface area contributed by atoms with E-state index in [4.69, 9.17) is 9.47 Å². The van der Waals surface area contributed by atoms with Gasteiger partial charge < -0.3 is 35.8 Å². The maximum Gasteiger partial charge on any atom is 0.255 e. The molecular weight excluding hydrogens is 432 g/mol. The molecule has 1 aromatic rings. The third-order valence-corrected chi connectivity index (χ3v) is 4.88. The highest BCUT2D eigenvalue weighted by molar-refractivity contribution is 5.99. The lowest BCUT2D eigenvalue weighted by atomic mass is 10.1. The van der Waals surface area contributed by atoms with Gasteiger partial charge in [-0.3, -0.25) is 19.2 Å². The number of benzene rings is 1. The number of para-hydroxylation sites is 1. The van der Waals surface area contributed by atoms with Crippen molar-refractivity contribution in [3.8, 4) is 5.75 Å². The molecule has 11 nitrogen and oxygen atoms in total. The van der Waals surface area contributed by atoms with Crippen molar-refractivity contribution >= 4 is 23.6 Å². The minimum Gasteiger partial charge on any atom is -0.493 e. The second-order valence-electron chi connectivity index (χ2n) is 7.34. The molecule has 0 aromatic heterocycles. The lowest BCUT2D eigenvalue weighted by Crippen LogP contribution is -2.50. The van der Waals surface area contributed by atoms with Crippen molar-refractivity contribution in [2.75, 3.05) is 39.5 Å². The summed E-state index contributed by atoms with van der Waals surface area (Å²) in [5.41, 5.74) is 0.255. The van der Waals surface area contributed by atoms with Crippen molar-refractivity contribution in [1.29, 1.82) is 0 Å². The predicted octanol–water partition coefficient (Wildman–Crippen LogP) is -0.906. The lowest BCUT2D eigenvalue weighted by molar-refractivity contribution is -0.130. The van der Waals surface area contributed by atoms with Crippen molar-refractivity contribution in [3.05, 3.63) is 29.8 Å². The molecule has 1 unspecified atom stereocenters. The Bertz CT molecular complexity index is 818.